The predicted octanol–water partition coefficient (Wildman–Crippen LogP) is 2.63. The highest BCUT2D eigenvalue weighted by Crippen LogP contribution is 2.34. The van der Waals surface area contributed by atoms with Gasteiger partial charge >= 0.3 is 12.0 Å². The second-order valence-electron chi connectivity index (χ2n) is 5.52. The number of ether oxygens (including phenoxy) is 3. The third-order valence-electron chi connectivity index (χ3n) is 3.89. The molecule has 7 nitrogen and oxygen atoms in total. The van der Waals surface area contributed by atoms with Crippen LogP contribution in [0.15, 0.2) is 29.5 Å². The van der Waals surface area contributed by atoms with Crippen LogP contribution in [0.4, 0.5) is 4.79 Å². The first kappa shape index (κ1) is 20.0. The molecule has 0 saturated heterocycles. The quantitative estimate of drug-likeness (QED) is 0.533. The molecule has 0 fully saturated rings. The maximum Gasteiger partial charge on any atom is 0.338 e. The number of carbonyl (C=O) groups is 2. The van der Waals surface area contributed by atoms with E-state index in [1.165, 1.54) is 7.11 Å². The Hall–Kier alpha value is -2.35. The first-order chi connectivity index (χ1) is 12.5. The minimum absolute atomic E-state index is 0.320. The second kappa shape index (κ2) is 9.38. The van der Waals surface area contributed by atoms with Gasteiger partial charge in [-0.15, -0.1) is 0 Å². The number of carbonyl (C=O) groups excluding carboxylic acids is 2. The summed E-state index contributed by atoms with van der Waals surface area (Å²) in [6.45, 7) is 4.05. The normalized spacial score (nSPS) is 16.6. The molecule has 8 heteroatoms. The molecule has 0 bridgehead atoms. The van der Waals surface area contributed by atoms with Crippen LogP contribution in [0.1, 0.15) is 25.5 Å². The van der Waals surface area contributed by atoms with Gasteiger partial charge in [0.15, 0.2) is 11.5 Å². The summed E-state index contributed by atoms with van der Waals surface area (Å²) in [6.07, 6.45) is 0. The third-order valence-corrected chi connectivity index (χ3v) is 4.76. The van der Waals surface area contributed by atoms with Gasteiger partial charge in [-0.1, -0.05) is 13.0 Å². The van der Waals surface area contributed by atoms with Crippen molar-refractivity contribution in [1.29, 1.82) is 0 Å². The number of hydrogen-bond donors (Lipinski definition) is 2. The van der Waals surface area contributed by atoms with Crippen molar-refractivity contribution in [1.82, 2.24) is 10.6 Å². The Labute approximate surface area is 157 Å². The molecule has 1 aromatic rings. The smallest absolute Gasteiger partial charge is 0.338 e. The van der Waals surface area contributed by atoms with Crippen LogP contribution in [0, 0.1) is 0 Å². The lowest BCUT2D eigenvalue weighted by atomic mass is 9.95. The zero-order valence-electron chi connectivity index (χ0n) is 15.4. The molecule has 0 radical (unpaired) electrons. The van der Waals surface area contributed by atoms with E-state index in [0.29, 0.717) is 34.9 Å². The summed E-state index contributed by atoms with van der Waals surface area (Å²) in [6, 6.07) is 4.25. The third kappa shape index (κ3) is 4.63. The van der Waals surface area contributed by atoms with Crippen LogP contribution in [0.25, 0.3) is 0 Å². The van der Waals surface area contributed by atoms with Crippen LogP contribution < -0.4 is 20.1 Å². The summed E-state index contributed by atoms with van der Waals surface area (Å²) in [7, 11) is 3.08. The van der Waals surface area contributed by atoms with E-state index in [4.69, 9.17) is 14.2 Å². The van der Waals surface area contributed by atoms with E-state index < -0.39 is 12.0 Å². The maximum atomic E-state index is 12.6. The molecule has 26 heavy (non-hydrogen) atoms. The number of amides is 2. The molecule has 2 N–H and O–H groups in total. The van der Waals surface area contributed by atoms with E-state index in [-0.39, 0.29) is 6.03 Å². The monoisotopic (exact) mass is 380 g/mol. The Morgan fingerprint density at radius 2 is 1.96 bits per heavy atom. The molecular formula is C18H24N2O5S. The summed E-state index contributed by atoms with van der Waals surface area (Å²) in [4.78, 5) is 24.5. The van der Waals surface area contributed by atoms with Gasteiger partial charge in [-0.25, -0.2) is 9.59 Å². The maximum absolute atomic E-state index is 12.6. The number of urea groups is 1. The summed E-state index contributed by atoms with van der Waals surface area (Å²) < 4.78 is 15.9. The van der Waals surface area contributed by atoms with Gasteiger partial charge in [0, 0.05) is 11.4 Å². The fourth-order valence-electron chi connectivity index (χ4n) is 2.66. The Morgan fingerprint density at radius 1 is 1.23 bits per heavy atom. The first-order valence-corrected chi connectivity index (χ1v) is 9.42. The number of thioether (sulfide) groups is 1. The van der Waals surface area contributed by atoms with E-state index in [2.05, 4.69) is 10.6 Å². The molecule has 0 aromatic heterocycles. The molecule has 1 atom stereocenters. The first-order valence-electron chi connectivity index (χ1n) is 8.26. The average molecular weight is 380 g/mol. The molecule has 0 spiro atoms. The molecular weight excluding hydrogens is 356 g/mol. The summed E-state index contributed by atoms with van der Waals surface area (Å²) >= 11 is 1.70. The Kier molecular flexibility index (Phi) is 7.20. The number of hydrogen-bond acceptors (Lipinski definition) is 6. The zero-order chi connectivity index (χ0) is 19.1. The molecule has 2 rings (SSSR count). The van der Waals surface area contributed by atoms with Crippen LogP contribution >= 0.6 is 11.8 Å². The molecule has 1 aliphatic rings. The topological polar surface area (TPSA) is 85.9 Å². The molecule has 1 unspecified atom stereocenters. The predicted molar refractivity (Wildman–Crippen MR) is 101 cm³/mol. The number of allylic oxidation sites excluding steroid dienone is 1. The summed E-state index contributed by atoms with van der Waals surface area (Å²) in [5.74, 6) is 2.33. The van der Waals surface area contributed by atoms with Crippen LogP contribution in [-0.2, 0) is 9.53 Å². The van der Waals surface area contributed by atoms with Crippen LogP contribution in [0.5, 0.6) is 11.5 Å². The van der Waals surface area contributed by atoms with Crippen molar-refractivity contribution in [2.45, 2.75) is 19.9 Å². The fourth-order valence-corrected chi connectivity index (χ4v) is 3.15. The largest absolute Gasteiger partial charge is 0.493 e. The van der Waals surface area contributed by atoms with Gasteiger partial charge in [0.2, 0.25) is 0 Å². The molecule has 1 heterocycles. The number of rotatable bonds is 8. The standard InChI is InChI=1S/C18H24N2O5S/c1-5-26-9-8-25-17(21)15-11(2)19-18(22)20-16(15)12-6-7-13(23-3)14(10-12)24-4/h6-7,10,16H,5,8-9H2,1-4H3,(H2,19,20,22). The Bertz CT molecular complexity index is 705. The van der Waals surface area contributed by atoms with Gasteiger partial charge in [-0.05, 0) is 30.4 Å². The van der Waals surface area contributed by atoms with Gasteiger partial charge in [-0.3, -0.25) is 0 Å². The van der Waals surface area contributed by atoms with Gasteiger partial charge < -0.3 is 24.8 Å². The summed E-state index contributed by atoms with van der Waals surface area (Å²) in [5, 5.41) is 5.40. The van der Waals surface area contributed by atoms with E-state index in [0.717, 1.165) is 11.5 Å². The van der Waals surface area contributed by atoms with Crippen LogP contribution in [-0.4, -0.2) is 44.3 Å². The fraction of sp³-hybridized carbons (Fsp3) is 0.444. The summed E-state index contributed by atoms with van der Waals surface area (Å²) in [5.41, 5.74) is 1.55. The van der Waals surface area contributed by atoms with Gasteiger partial charge in [0.05, 0.1) is 25.8 Å². The number of methoxy groups -OCH3 is 2. The highest BCUT2D eigenvalue weighted by atomic mass is 32.2. The molecule has 1 aliphatic heterocycles. The Balaban J connectivity index is 2.30. The SMILES string of the molecule is CCSCCOC(=O)C1=C(C)NC(=O)NC1c1ccc(OC)c(OC)c1. The van der Waals surface area contributed by atoms with E-state index in [1.54, 1.807) is 44.0 Å². The van der Waals surface area contributed by atoms with Crippen molar-refractivity contribution in [3.05, 3.63) is 35.0 Å². The van der Waals surface area contributed by atoms with Crippen molar-refractivity contribution in [3.8, 4) is 11.5 Å². The van der Waals surface area contributed by atoms with Crippen LogP contribution in [0.2, 0.25) is 0 Å². The zero-order valence-corrected chi connectivity index (χ0v) is 16.2. The molecule has 142 valence electrons. The average Bonchev–Trinajstić information content (AvgIpc) is 2.63. The number of esters is 1. The molecule has 1 aromatic carbocycles. The highest BCUT2D eigenvalue weighted by Gasteiger charge is 2.32. The van der Waals surface area contributed by atoms with Crippen molar-refractivity contribution in [2.24, 2.45) is 0 Å². The number of benzene rings is 1. The lowest BCUT2D eigenvalue weighted by molar-refractivity contribution is -0.138. The van der Waals surface area contributed by atoms with E-state index in [1.807, 2.05) is 6.92 Å². The number of nitrogens with one attached hydrogen (secondary N) is 2. The van der Waals surface area contributed by atoms with E-state index in [9.17, 15) is 9.59 Å². The van der Waals surface area contributed by atoms with Crippen molar-refractivity contribution in [3.63, 3.8) is 0 Å². The van der Waals surface area contributed by atoms with E-state index >= 15 is 0 Å². The lowest BCUT2D eigenvalue weighted by Crippen LogP contribution is -2.45. The molecule has 0 saturated carbocycles. The lowest BCUT2D eigenvalue weighted by Gasteiger charge is -2.28. The molecule has 2 amide bonds. The van der Waals surface area contributed by atoms with Crippen molar-refractivity contribution in [2.75, 3.05) is 32.3 Å². The van der Waals surface area contributed by atoms with Gasteiger partial charge in [-0.2, -0.15) is 11.8 Å². The second-order valence-corrected chi connectivity index (χ2v) is 6.91. The van der Waals surface area contributed by atoms with Crippen LogP contribution in [0.3, 0.4) is 0 Å². The minimum atomic E-state index is -0.630. The Morgan fingerprint density at radius 3 is 2.62 bits per heavy atom. The molecule has 0 aliphatic carbocycles. The van der Waals surface area contributed by atoms with Crippen molar-refractivity contribution >= 4 is 23.8 Å². The van der Waals surface area contributed by atoms with Gasteiger partial charge in [0.1, 0.15) is 6.61 Å². The van der Waals surface area contributed by atoms with Crippen molar-refractivity contribution < 1.29 is 23.8 Å². The van der Waals surface area contributed by atoms with Gasteiger partial charge in [0.25, 0.3) is 0 Å². The minimum Gasteiger partial charge on any atom is -0.493 e. The highest BCUT2D eigenvalue weighted by molar-refractivity contribution is 7.99.